The number of amides is 2. The van der Waals surface area contributed by atoms with Crippen LogP contribution < -0.4 is 0 Å². The van der Waals surface area contributed by atoms with E-state index < -0.39 is 0 Å². The summed E-state index contributed by atoms with van der Waals surface area (Å²) < 4.78 is 0. The van der Waals surface area contributed by atoms with Crippen molar-refractivity contribution in [3.63, 3.8) is 0 Å². The normalized spacial score (nSPS) is 14.5. The van der Waals surface area contributed by atoms with Crippen molar-refractivity contribution in [2.75, 3.05) is 0 Å². The lowest BCUT2D eigenvalue weighted by Gasteiger charge is -2.17. The standard InChI is InChI=1S/C13H13NO3/c1-7(2)14-12(16)10-5-4-9(8(3)15)6-11(10)13(14)17/h4-7H,1-3H3. The van der Waals surface area contributed by atoms with Crippen LogP contribution >= 0.6 is 0 Å². The summed E-state index contributed by atoms with van der Waals surface area (Å²) in [4.78, 5) is 36.4. The molecule has 1 aliphatic heterocycles. The number of imide groups is 1. The first-order chi connectivity index (χ1) is 7.93. The fraction of sp³-hybridized carbons (Fsp3) is 0.308. The Morgan fingerprint density at radius 1 is 1.12 bits per heavy atom. The van der Waals surface area contributed by atoms with Gasteiger partial charge in [-0.2, -0.15) is 0 Å². The van der Waals surface area contributed by atoms with E-state index in [1.165, 1.54) is 17.9 Å². The highest BCUT2D eigenvalue weighted by Crippen LogP contribution is 2.25. The van der Waals surface area contributed by atoms with Crippen LogP contribution in [0.5, 0.6) is 0 Å². The van der Waals surface area contributed by atoms with Gasteiger partial charge in [0.05, 0.1) is 11.1 Å². The van der Waals surface area contributed by atoms with Gasteiger partial charge in [0, 0.05) is 11.6 Å². The summed E-state index contributed by atoms with van der Waals surface area (Å²) in [5, 5.41) is 0. The van der Waals surface area contributed by atoms with Crippen LogP contribution in [0, 0.1) is 0 Å². The van der Waals surface area contributed by atoms with Crippen LogP contribution in [0.4, 0.5) is 0 Å². The molecule has 0 spiro atoms. The maximum absolute atomic E-state index is 12.0. The predicted molar refractivity (Wildman–Crippen MR) is 62.1 cm³/mol. The minimum absolute atomic E-state index is 0.115. The fourth-order valence-corrected chi connectivity index (χ4v) is 1.95. The molecule has 88 valence electrons. The Balaban J connectivity index is 2.54. The molecule has 0 aromatic heterocycles. The van der Waals surface area contributed by atoms with Crippen LogP contribution in [-0.4, -0.2) is 28.5 Å². The molecule has 0 fully saturated rings. The van der Waals surface area contributed by atoms with Gasteiger partial charge in [0.2, 0.25) is 0 Å². The predicted octanol–water partition coefficient (Wildman–Crippen LogP) is 1.89. The van der Waals surface area contributed by atoms with Gasteiger partial charge in [0.25, 0.3) is 11.8 Å². The Morgan fingerprint density at radius 2 is 1.71 bits per heavy atom. The van der Waals surface area contributed by atoms with E-state index in [1.54, 1.807) is 26.0 Å². The SMILES string of the molecule is CC(=O)c1ccc2c(c1)C(=O)N(C(C)C)C2=O. The third kappa shape index (κ3) is 1.65. The van der Waals surface area contributed by atoms with Gasteiger partial charge in [-0.05, 0) is 32.9 Å². The average molecular weight is 231 g/mol. The molecule has 0 unspecified atom stereocenters. The zero-order valence-corrected chi connectivity index (χ0v) is 9.98. The largest absolute Gasteiger partial charge is 0.295 e. The number of hydrogen-bond donors (Lipinski definition) is 0. The molecule has 4 nitrogen and oxygen atoms in total. The van der Waals surface area contributed by atoms with Gasteiger partial charge in [-0.15, -0.1) is 0 Å². The summed E-state index contributed by atoms with van der Waals surface area (Å²) in [6.07, 6.45) is 0. The summed E-state index contributed by atoms with van der Waals surface area (Å²) in [5.41, 5.74) is 1.17. The number of ketones is 1. The molecule has 1 aromatic rings. The van der Waals surface area contributed by atoms with Gasteiger partial charge < -0.3 is 0 Å². The van der Waals surface area contributed by atoms with E-state index in [-0.39, 0.29) is 23.6 Å². The van der Waals surface area contributed by atoms with Gasteiger partial charge in [0.1, 0.15) is 0 Å². The Bertz CT molecular complexity index is 531. The molecule has 0 bridgehead atoms. The number of fused-ring (bicyclic) bond motifs is 1. The molecule has 0 atom stereocenters. The van der Waals surface area contributed by atoms with E-state index in [4.69, 9.17) is 0 Å². The van der Waals surface area contributed by atoms with Crippen molar-refractivity contribution < 1.29 is 14.4 Å². The van der Waals surface area contributed by atoms with E-state index >= 15 is 0 Å². The molecule has 1 aromatic carbocycles. The summed E-state index contributed by atoms with van der Waals surface area (Å²) in [7, 11) is 0. The van der Waals surface area contributed by atoms with Crippen LogP contribution in [0.25, 0.3) is 0 Å². The highest BCUT2D eigenvalue weighted by Gasteiger charge is 2.37. The van der Waals surface area contributed by atoms with Gasteiger partial charge in [-0.3, -0.25) is 19.3 Å². The van der Waals surface area contributed by atoms with Gasteiger partial charge in [0.15, 0.2) is 5.78 Å². The van der Waals surface area contributed by atoms with Crippen molar-refractivity contribution in [1.82, 2.24) is 4.90 Å². The molecule has 4 heteroatoms. The van der Waals surface area contributed by atoms with E-state index in [1.807, 2.05) is 0 Å². The number of nitrogens with zero attached hydrogens (tertiary/aromatic N) is 1. The molecule has 2 rings (SSSR count). The molecular weight excluding hydrogens is 218 g/mol. The molecule has 1 aliphatic rings. The second-order valence-corrected chi connectivity index (χ2v) is 4.39. The van der Waals surface area contributed by atoms with Crippen LogP contribution in [0.3, 0.4) is 0 Å². The number of hydrogen-bond acceptors (Lipinski definition) is 3. The topological polar surface area (TPSA) is 54.5 Å². The second kappa shape index (κ2) is 3.80. The van der Waals surface area contributed by atoms with E-state index in [2.05, 4.69) is 0 Å². The van der Waals surface area contributed by atoms with E-state index in [0.29, 0.717) is 16.7 Å². The van der Waals surface area contributed by atoms with Gasteiger partial charge >= 0.3 is 0 Å². The monoisotopic (exact) mass is 231 g/mol. The van der Waals surface area contributed by atoms with Crippen molar-refractivity contribution in [3.05, 3.63) is 34.9 Å². The van der Waals surface area contributed by atoms with Crippen LogP contribution in [0.1, 0.15) is 51.8 Å². The Kier molecular flexibility index (Phi) is 2.58. The van der Waals surface area contributed by atoms with Crippen LogP contribution in [0.15, 0.2) is 18.2 Å². The summed E-state index contributed by atoms with van der Waals surface area (Å²) in [6.45, 7) is 5.00. The molecule has 17 heavy (non-hydrogen) atoms. The molecule has 0 N–H and O–H groups in total. The molecule has 0 saturated carbocycles. The number of carbonyl (C=O) groups excluding carboxylic acids is 3. The van der Waals surface area contributed by atoms with Crippen molar-refractivity contribution in [1.29, 1.82) is 0 Å². The first-order valence-corrected chi connectivity index (χ1v) is 5.46. The van der Waals surface area contributed by atoms with Crippen LogP contribution in [0.2, 0.25) is 0 Å². The minimum atomic E-state index is -0.317. The zero-order valence-electron chi connectivity index (χ0n) is 9.98. The van der Waals surface area contributed by atoms with Gasteiger partial charge in [-0.1, -0.05) is 6.07 Å². The van der Waals surface area contributed by atoms with Crippen LogP contribution in [-0.2, 0) is 0 Å². The fourth-order valence-electron chi connectivity index (χ4n) is 1.95. The smallest absolute Gasteiger partial charge is 0.261 e. The number of Topliss-reactive ketones (excluding diaryl/α,β-unsaturated/α-hetero) is 1. The molecule has 2 amide bonds. The second-order valence-electron chi connectivity index (χ2n) is 4.39. The zero-order chi connectivity index (χ0) is 12.7. The minimum Gasteiger partial charge on any atom is -0.295 e. The molecule has 0 radical (unpaired) electrons. The lowest BCUT2D eigenvalue weighted by molar-refractivity contribution is 0.0609. The quantitative estimate of drug-likeness (QED) is 0.577. The van der Waals surface area contributed by atoms with E-state index in [9.17, 15) is 14.4 Å². The average Bonchev–Trinajstić information content (AvgIpc) is 2.51. The first kappa shape index (κ1) is 11.5. The summed E-state index contributed by atoms with van der Waals surface area (Å²) in [5.74, 6) is -0.714. The Hall–Kier alpha value is -1.97. The van der Waals surface area contributed by atoms with Crippen molar-refractivity contribution in [2.24, 2.45) is 0 Å². The highest BCUT2D eigenvalue weighted by atomic mass is 16.2. The molecule has 0 aliphatic carbocycles. The lowest BCUT2D eigenvalue weighted by Crippen LogP contribution is -2.35. The lowest BCUT2D eigenvalue weighted by atomic mass is 10.0. The highest BCUT2D eigenvalue weighted by molar-refractivity contribution is 6.22. The molecule has 1 heterocycles. The van der Waals surface area contributed by atoms with E-state index in [0.717, 1.165) is 0 Å². The third-order valence-electron chi connectivity index (χ3n) is 2.84. The van der Waals surface area contributed by atoms with Crippen molar-refractivity contribution in [3.8, 4) is 0 Å². The number of benzene rings is 1. The first-order valence-electron chi connectivity index (χ1n) is 5.46. The van der Waals surface area contributed by atoms with Gasteiger partial charge in [-0.25, -0.2) is 0 Å². The summed E-state index contributed by atoms with van der Waals surface area (Å²) in [6, 6.07) is 4.45. The Morgan fingerprint density at radius 3 is 2.24 bits per heavy atom. The number of carbonyl (C=O) groups is 3. The maximum atomic E-state index is 12.0. The molecule has 0 saturated heterocycles. The maximum Gasteiger partial charge on any atom is 0.261 e. The van der Waals surface area contributed by atoms with Crippen molar-refractivity contribution >= 4 is 17.6 Å². The van der Waals surface area contributed by atoms with Crippen molar-refractivity contribution in [2.45, 2.75) is 26.8 Å². The summed E-state index contributed by atoms with van der Waals surface area (Å²) >= 11 is 0. The third-order valence-corrected chi connectivity index (χ3v) is 2.84. The Labute approximate surface area is 99.2 Å². The molecular formula is C13H13NO3. The number of rotatable bonds is 2.